The summed E-state index contributed by atoms with van der Waals surface area (Å²) in [7, 11) is 0. The van der Waals surface area contributed by atoms with Gasteiger partial charge in [-0.1, -0.05) is 6.42 Å². The van der Waals surface area contributed by atoms with Gasteiger partial charge in [0.15, 0.2) is 0 Å². The second kappa shape index (κ2) is 8.59. The van der Waals surface area contributed by atoms with E-state index in [4.69, 9.17) is 0 Å². The molecule has 11 heteroatoms. The van der Waals surface area contributed by atoms with E-state index < -0.39 is 11.3 Å². The highest BCUT2D eigenvalue weighted by Crippen LogP contribution is 2.42. The van der Waals surface area contributed by atoms with Crippen molar-refractivity contribution >= 4 is 44.9 Å². The van der Waals surface area contributed by atoms with E-state index in [1.54, 1.807) is 33.8 Å². The Bertz CT molecular complexity index is 1590. The fourth-order valence-corrected chi connectivity index (χ4v) is 8.34. The molecular formula is C28H32N6O4S. The van der Waals surface area contributed by atoms with E-state index in [-0.39, 0.29) is 23.3 Å². The van der Waals surface area contributed by atoms with Crippen LogP contribution in [0.1, 0.15) is 71.9 Å². The number of nitrogens with zero attached hydrogens (tertiary/aromatic N) is 4. The Hall–Kier alpha value is -3.31. The van der Waals surface area contributed by atoms with Gasteiger partial charge in [0.25, 0.3) is 11.5 Å². The van der Waals surface area contributed by atoms with E-state index in [2.05, 4.69) is 20.6 Å². The average Bonchev–Trinajstić information content (AvgIpc) is 3.40. The Morgan fingerprint density at radius 2 is 1.97 bits per heavy atom. The molecule has 0 aromatic carbocycles. The summed E-state index contributed by atoms with van der Waals surface area (Å²) < 4.78 is 1.69. The molecule has 3 aromatic rings. The zero-order valence-corrected chi connectivity index (χ0v) is 23.0. The summed E-state index contributed by atoms with van der Waals surface area (Å²) in [4.78, 5) is 52.6. The number of amides is 2. The Morgan fingerprint density at radius 1 is 1.21 bits per heavy atom. The van der Waals surface area contributed by atoms with Crippen LogP contribution in [0.5, 0.6) is 0 Å². The van der Waals surface area contributed by atoms with Gasteiger partial charge >= 0.3 is 0 Å². The Kier molecular flexibility index (Phi) is 5.44. The molecule has 1 spiro atoms. The SMILES string of the molecule is Cc1cc(Nc2ncnc3sc4c(c23)CC[C@H](C(=O)N2CC(C)(O)C2)C4)c(=O)n2c1C(=O)NC21CCCCC1. The van der Waals surface area contributed by atoms with Crippen LogP contribution in [0.15, 0.2) is 17.2 Å². The number of carbonyl (C=O) groups is 2. The molecule has 3 aromatic heterocycles. The molecule has 0 radical (unpaired) electrons. The van der Waals surface area contributed by atoms with E-state index >= 15 is 0 Å². The Balaban J connectivity index is 1.23. The predicted molar refractivity (Wildman–Crippen MR) is 147 cm³/mol. The highest BCUT2D eigenvalue weighted by atomic mass is 32.1. The first kappa shape index (κ1) is 24.7. The van der Waals surface area contributed by atoms with Crippen molar-refractivity contribution in [2.45, 2.75) is 76.5 Å². The number of anilines is 2. The fraction of sp³-hybridized carbons (Fsp3) is 0.536. The standard InChI is InChI=1S/C28H32N6O4S/c1-15-10-18(26(37)34-21(15)23(35)32-28(34)8-4-3-5-9-28)31-22-20-17-7-6-16(25(36)33-12-27(2,38)13-33)11-19(17)39-24(20)30-14-29-22/h10,14,16,38H,3-9,11-13H2,1-2H3,(H,32,35)(H,29,30,31)/t16-/m0/s1. The highest BCUT2D eigenvalue weighted by molar-refractivity contribution is 7.19. The molecule has 7 rings (SSSR count). The Labute approximate surface area is 229 Å². The number of nitrogens with one attached hydrogen (secondary N) is 2. The first-order valence-electron chi connectivity index (χ1n) is 13.8. The lowest BCUT2D eigenvalue weighted by molar-refractivity contribution is -0.156. The number of aromatic nitrogens is 3. The molecule has 1 saturated carbocycles. The Morgan fingerprint density at radius 3 is 2.72 bits per heavy atom. The van der Waals surface area contributed by atoms with E-state index in [1.807, 2.05) is 6.92 Å². The van der Waals surface area contributed by atoms with Crippen LogP contribution in [-0.4, -0.2) is 55.0 Å². The number of pyridine rings is 1. The van der Waals surface area contributed by atoms with Crippen molar-refractivity contribution in [1.82, 2.24) is 24.8 Å². The molecule has 204 valence electrons. The van der Waals surface area contributed by atoms with Gasteiger partial charge in [-0.25, -0.2) is 9.97 Å². The van der Waals surface area contributed by atoms with Gasteiger partial charge in [-0.3, -0.25) is 19.0 Å². The second-order valence-corrected chi connectivity index (χ2v) is 13.0. The number of β-amino-alcohol motifs (C(OH)–C–C–N with tert-alkyl or cyclic N) is 1. The third kappa shape index (κ3) is 3.81. The monoisotopic (exact) mass is 548 g/mol. The molecule has 1 saturated heterocycles. The quantitative estimate of drug-likeness (QED) is 0.459. The lowest BCUT2D eigenvalue weighted by Gasteiger charge is -2.45. The lowest BCUT2D eigenvalue weighted by Crippen LogP contribution is -2.63. The van der Waals surface area contributed by atoms with E-state index in [0.717, 1.165) is 71.2 Å². The van der Waals surface area contributed by atoms with Crippen LogP contribution in [0.4, 0.5) is 11.5 Å². The van der Waals surface area contributed by atoms with Crippen LogP contribution in [0.25, 0.3) is 10.2 Å². The van der Waals surface area contributed by atoms with Crippen LogP contribution >= 0.6 is 11.3 Å². The van der Waals surface area contributed by atoms with Crippen molar-refractivity contribution in [3.63, 3.8) is 0 Å². The largest absolute Gasteiger partial charge is 0.386 e. The van der Waals surface area contributed by atoms with E-state index in [9.17, 15) is 19.5 Å². The molecule has 3 N–H and O–H groups in total. The summed E-state index contributed by atoms with van der Waals surface area (Å²) in [5.74, 6) is 0.399. The zero-order valence-electron chi connectivity index (χ0n) is 22.2. The third-order valence-corrected chi connectivity index (χ3v) is 10.0. The van der Waals surface area contributed by atoms with Gasteiger partial charge < -0.3 is 20.6 Å². The molecule has 5 heterocycles. The first-order valence-corrected chi connectivity index (χ1v) is 14.6. The maximum atomic E-state index is 13.9. The normalized spacial score (nSPS) is 22.8. The summed E-state index contributed by atoms with van der Waals surface area (Å²) in [5.41, 5.74) is 1.08. The van der Waals surface area contributed by atoms with Gasteiger partial charge in [-0.05, 0) is 76.0 Å². The number of thiophene rings is 1. The van der Waals surface area contributed by atoms with Crippen LogP contribution in [-0.2, 0) is 23.3 Å². The number of rotatable bonds is 3. The average molecular weight is 549 g/mol. The van der Waals surface area contributed by atoms with Gasteiger partial charge in [0.2, 0.25) is 5.91 Å². The number of aryl methyl sites for hydroxylation is 2. The van der Waals surface area contributed by atoms with Crippen molar-refractivity contribution in [3.8, 4) is 0 Å². The molecule has 2 aliphatic carbocycles. The van der Waals surface area contributed by atoms with E-state index in [0.29, 0.717) is 36.7 Å². The van der Waals surface area contributed by atoms with Crippen molar-refractivity contribution in [2.24, 2.45) is 5.92 Å². The minimum atomic E-state index is -0.780. The fourth-order valence-electron chi connectivity index (χ4n) is 7.07. The first-order chi connectivity index (χ1) is 18.7. The molecular weight excluding hydrogens is 516 g/mol. The van der Waals surface area contributed by atoms with Crippen LogP contribution < -0.4 is 16.2 Å². The van der Waals surface area contributed by atoms with Crippen LogP contribution in [0.2, 0.25) is 0 Å². The van der Waals surface area contributed by atoms with Gasteiger partial charge in [0, 0.05) is 10.8 Å². The number of fused-ring (bicyclic) bond motifs is 5. The second-order valence-electron chi connectivity index (χ2n) is 11.9. The number of likely N-dealkylation sites (tertiary alicyclic amines) is 1. The summed E-state index contributed by atoms with van der Waals surface area (Å²) in [6.45, 7) is 4.40. The molecule has 0 unspecified atom stereocenters. The maximum Gasteiger partial charge on any atom is 0.276 e. The third-order valence-electron chi connectivity index (χ3n) is 8.88. The molecule has 39 heavy (non-hydrogen) atoms. The predicted octanol–water partition coefficient (Wildman–Crippen LogP) is 2.96. The van der Waals surface area contributed by atoms with Gasteiger partial charge in [0.1, 0.15) is 34.0 Å². The zero-order chi connectivity index (χ0) is 27.1. The van der Waals surface area contributed by atoms with Gasteiger partial charge in [-0.2, -0.15) is 0 Å². The summed E-state index contributed by atoms with van der Waals surface area (Å²) in [5, 5.41) is 17.4. The molecule has 2 amide bonds. The number of hydrogen-bond donors (Lipinski definition) is 3. The number of aliphatic hydroxyl groups is 1. The highest BCUT2D eigenvalue weighted by Gasteiger charge is 2.45. The summed E-state index contributed by atoms with van der Waals surface area (Å²) >= 11 is 1.58. The molecule has 10 nitrogen and oxygen atoms in total. The smallest absolute Gasteiger partial charge is 0.276 e. The summed E-state index contributed by atoms with van der Waals surface area (Å²) in [6.07, 6.45) is 8.13. The maximum absolute atomic E-state index is 13.9. The minimum absolute atomic E-state index is 0.105. The molecule has 2 aliphatic heterocycles. The molecule has 2 fully saturated rings. The topological polar surface area (TPSA) is 129 Å². The number of carbonyl (C=O) groups excluding carboxylic acids is 2. The molecule has 1 atom stereocenters. The van der Waals surface area contributed by atoms with Gasteiger partial charge in [0.05, 0.1) is 24.1 Å². The summed E-state index contributed by atoms with van der Waals surface area (Å²) in [6, 6.07) is 1.75. The molecule has 0 bridgehead atoms. The van der Waals surface area contributed by atoms with Crippen molar-refractivity contribution in [2.75, 3.05) is 18.4 Å². The van der Waals surface area contributed by atoms with Crippen LogP contribution in [0, 0.1) is 12.8 Å². The lowest BCUT2D eigenvalue weighted by atomic mass is 9.85. The van der Waals surface area contributed by atoms with Crippen molar-refractivity contribution < 1.29 is 14.7 Å². The van der Waals surface area contributed by atoms with Gasteiger partial charge in [-0.15, -0.1) is 11.3 Å². The van der Waals surface area contributed by atoms with Crippen molar-refractivity contribution in [3.05, 3.63) is 44.4 Å². The minimum Gasteiger partial charge on any atom is -0.386 e. The molecule has 4 aliphatic rings. The van der Waals surface area contributed by atoms with Crippen LogP contribution in [0.3, 0.4) is 0 Å². The number of hydrogen-bond acceptors (Lipinski definition) is 8. The van der Waals surface area contributed by atoms with E-state index in [1.165, 1.54) is 6.33 Å². The van der Waals surface area contributed by atoms with Crippen molar-refractivity contribution in [1.29, 1.82) is 0 Å².